The molecule has 1 atom stereocenters. The zero-order valence-corrected chi connectivity index (χ0v) is 16.2. The highest BCUT2D eigenvalue weighted by Crippen LogP contribution is 2.16. The van der Waals surface area contributed by atoms with E-state index in [1.165, 1.54) is 38.9 Å². The molecule has 2 aliphatic heterocycles. The molecule has 5 nitrogen and oxygen atoms in total. The van der Waals surface area contributed by atoms with Gasteiger partial charge in [0, 0.05) is 32.1 Å². The standard InChI is InChI=1S/C16H32N4O.2ClH/c1-19(2)10-11-20-8-5-14(6-9-20)13-18-16(21)12-15-4-3-7-17-15;;/h14-15,17H,3-13H2,1-2H3,(H,18,21);2*1H. The van der Waals surface area contributed by atoms with Gasteiger partial charge in [-0.2, -0.15) is 0 Å². The maximum Gasteiger partial charge on any atom is 0.221 e. The van der Waals surface area contributed by atoms with E-state index in [4.69, 9.17) is 0 Å². The van der Waals surface area contributed by atoms with Crippen LogP contribution in [0.5, 0.6) is 0 Å². The van der Waals surface area contributed by atoms with E-state index in [9.17, 15) is 4.79 Å². The van der Waals surface area contributed by atoms with Crippen molar-refractivity contribution >= 4 is 30.7 Å². The van der Waals surface area contributed by atoms with Crippen LogP contribution in [0, 0.1) is 5.92 Å². The lowest BCUT2D eigenvalue weighted by Gasteiger charge is -2.32. The first-order valence-corrected chi connectivity index (χ1v) is 8.50. The molecule has 2 aliphatic rings. The van der Waals surface area contributed by atoms with Gasteiger partial charge in [0.15, 0.2) is 0 Å². The molecule has 1 unspecified atom stereocenters. The third kappa shape index (κ3) is 9.11. The Kier molecular flexibility index (Phi) is 12.3. The van der Waals surface area contributed by atoms with Gasteiger partial charge in [-0.1, -0.05) is 0 Å². The van der Waals surface area contributed by atoms with Crippen LogP contribution in [0.1, 0.15) is 32.1 Å². The van der Waals surface area contributed by atoms with E-state index in [1.807, 2.05) is 0 Å². The second kappa shape index (κ2) is 12.3. The molecule has 0 saturated carbocycles. The van der Waals surface area contributed by atoms with Crippen LogP contribution < -0.4 is 10.6 Å². The van der Waals surface area contributed by atoms with Crippen LogP contribution in [0.2, 0.25) is 0 Å². The maximum atomic E-state index is 11.9. The van der Waals surface area contributed by atoms with Crippen molar-refractivity contribution in [2.45, 2.75) is 38.1 Å². The molecule has 0 spiro atoms. The van der Waals surface area contributed by atoms with Crippen LogP contribution in [0.3, 0.4) is 0 Å². The molecule has 2 fully saturated rings. The van der Waals surface area contributed by atoms with Crippen molar-refractivity contribution in [2.24, 2.45) is 5.92 Å². The first-order valence-electron chi connectivity index (χ1n) is 8.50. The third-order valence-electron chi connectivity index (χ3n) is 4.75. The summed E-state index contributed by atoms with van der Waals surface area (Å²) >= 11 is 0. The van der Waals surface area contributed by atoms with E-state index in [0.717, 1.165) is 26.1 Å². The summed E-state index contributed by atoms with van der Waals surface area (Å²) in [6.07, 6.45) is 5.45. The molecule has 0 aliphatic carbocycles. The number of hydrogen-bond donors (Lipinski definition) is 2. The Morgan fingerprint density at radius 1 is 1.22 bits per heavy atom. The van der Waals surface area contributed by atoms with Crippen molar-refractivity contribution in [2.75, 3.05) is 53.4 Å². The third-order valence-corrected chi connectivity index (χ3v) is 4.75. The van der Waals surface area contributed by atoms with Gasteiger partial charge in [-0.05, 0) is 65.3 Å². The van der Waals surface area contributed by atoms with Crippen molar-refractivity contribution in [3.63, 3.8) is 0 Å². The Labute approximate surface area is 153 Å². The molecule has 2 heterocycles. The van der Waals surface area contributed by atoms with Crippen LogP contribution >= 0.6 is 24.8 Å². The highest BCUT2D eigenvalue weighted by molar-refractivity contribution is 5.85. The molecule has 0 radical (unpaired) electrons. The van der Waals surface area contributed by atoms with Crippen LogP contribution in [-0.4, -0.2) is 75.1 Å². The van der Waals surface area contributed by atoms with Crippen LogP contribution in [0.4, 0.5) is 0 Å². The number of likely N-dealkylation sites (tertiary alicyclic amines) is 1. The lowest BCUT2D eigenvalue weighted by Crippen LogP contribution is -2.41. The Morgan fingerprint density at radius 2 is 1.91 bits per heavy atom. The number of likely N-dealkylation sites (N-methyl/N-ethyl adjacent to an activating group) is 1. The summed E-state index contributed by atoms with van der Waals surface area (Å²) in [6.45, 7) is 6.60. The number of rotatable bonds is 7. The van der Waals surface area contributed by atoms with Crippen LogP contribution in [-0.2, 0) is 4.79 Å². The minimum atomic E-state index is 0. The molecule has 0 aromatic rings. The number of hydrogen-bond acceptors (Lipinski definition) is 4. The normalized spacial score (nSPS) is 22.5. The van der Waals surface area contributed by atoms with E-state index in [-0.39, 0.29) is 30.7 Å². The van der Waals surface area contributed by atoms with E-state index >= 15 is 0 Å². The van der Waals surface area contributed by atoms with Gasteiger partial charge in [-0.25, -0.2) is 0 Å². The summed E-state index contributed by atoms with van der Waals surface area (Å²) in [6, 6.07) is 0.415. The Hall–Kier alpha value is -0.0700. The fourth-order valence-electron chi connectivity index (χ4n) is 3.24. The molecular weight excluding hydrogens is 335 g/mol. The Bertz CT molecular complexity index is 317. The van der Waals surface area contributed by atoms with Gasteiger partial charge < -0.3 is 20.4 Å². The lowest BCUT2D eigenvalue weighted by molar-refractivity contribution is -0.121. The zero-order valence-electron chi connectivity index (χ0n) is 14.6. The second-order valence-electron chi connectivity index (χ2n) is 6.89. The summed E-state index contributed by atoms with van der Waals surface area (Å²) in [5.74, 6) is 0.894. The maximum absolute atomic E-state index is 11.9. The fourth-order valence-corrected chi connectivity index (χ4v) is 3.24. The van der Waals surface area contributed by atoms with Gasteiger partial charge >= 0.3 is 0 Å². The van der Waals surface area contributed by atoms with E-state index in [1.54, 1.807) is 0 Å². The molecule has 23 heavy (non-hydrogen) atoms. The minimum Gasteiger partial charge on any atom is -0.356 e. The van der Waals surface area contributed by atoms with Crippen molar-refractivity contribution < 1.29 is 4.79 Å². The number of nitrogens with one attached hydrogen (secondary N) is 2. The van der Waals surface area contributed by atoms with Crippen LogP contribution in [0.25, 0.3) is 0 Å². The molecule has 0 aromatic carbocycles. The largest absolute Gasteiger partial charge is 0.356 e. The molecule has 0 bridgehead atoms. The SMILES string of the molecule is CN(C)CCN1CCC(CNC(=O)CC2CCCN2)CC1.Cl.Cl. The average molecular weight is 369 g/mol. The monoisotopic (exact) mass is 368 g/mol. The second-order valence-corrected chi connectivity index (χ2v) is 6.89. The Balaban J connectivity index is 0.00000242. The number of piperidine rings is 1. The highest BCUT2D eigenvalue weighted by atomic mass is 35.5. The van der Waals surface area contributed by atoms with Crippen molar-refractivity contribution in [3.8, 4) is 0 Å². The van der Waals surface area contributed by atoms with Gasteiger partial charge in [0.1, 0.15) is 0 Å². The molecule has 0 aromatic heterocycles. The van der Waals surface area contributed by atoms with E-state index in [0.29, 0.717) is 18.4 Å². The quantitative estimate of drug-likeness (QED) is 0.712. The van der Waals surface area contributed by atoms with Crippen molar-refractivity contribution in [1.82, 2.24) is 20.4 Å². The van der Waals surface area contributed by atoms with Crippen molar-refractivity contribution in [1.29, 1.82) is 0 Å². The summed E-state index contributed by atoms with van der Waals surface area (Å²) < 4.78 is 0. The molecule has 2 saturated heterocycles. The summed E-state index contributed by atoms with van der Waals surface area (Å²) in [5, 5.41) is 6.52. The topological polar surface area (TPSA) is 47.6 Å². The lowest BCUT2D eigenvalue weighted by atomic mass is 9.96. The highest BCUT2D eigenvalue weighted by Gasteiger charge is 2.21. The number of halogens is 2. The smallest absolute Gasteiger partial charge is 0.221 e. The van der Waals surface area contributed by atoms with Crippen molar-refractivity contribution in [3.05, 3.63) is 0 Å². The molecule has 2 N–H and O–H groups in total. The van der Waals surface area contributed by atoms with Gasteiger partial charge in [0.2, 0.25) is 5.91 Å². The van der Waals surface area contributed by atoms with Gasteiger partial charge in [-0.15, -0.1) is 24.8 Å². The van der Waals surface area contributed by atoms with E-state index in [2.05, 4.69) is 34.5 Å². The van der Waals surface area contributed by atoms with Gasteiger partial charge in [-0.3, -0.25) is 4.79 Å². The van der Waals surface area contributed by atoms with Gasteiger partial charge in [0.05, 0.1) is 0 Å². The first-order chi connectivity index (χ1) is 10.1. The first kappa shape index (κ1) is 22.9. The molecule has 138 valence electrons. The predicted molar refractivity (Wildman–Crippen MR) is 101 cm³/mol. The average Bonchev–Trinajstić information content (AvgIpc) is 2.97. The number of carbonyl (C=O) groups is 1. The fraction of sp³-hybridized carbons (Fsp3) is 0.938. The van der Waals surface area contributed by atoms with Gasteiger partial charge in [0.25, 0.3) is 0 Å². The molecule has 2 rings (SSSR count). The summed E-state index contributed by atoms with van der Waals surface area (Å²) in [5.41, 5.74) is 0. The summed E-state index contributed by atoms with van der Waals surface area (Å²) in [7, 11) is 4.25. The molecule has 7 heteroatoms. The van der Waals surface area contributed by atoms with E-state index < -0.39 is 0 Å². The zero-order chi connectivity index (χ0) is 15.1. The number of carbonyl (C=O) groups excluding carboxylic acids is 1. The number of amides is 1. The van der Waals surface area contributed by atoms with Crippen LogP contribution in [0.15, 0.2) is 0 Å². The summed E-state index contributed by atoms with van der Waals surface area (Å²) in [4.78, 5) is 16.7. The predicted octanol–water partition coefficient (Wildman–Crippen LogP) is 1.36. The number of nitrogens with zero attached hydrogens (tertiary/aromatic N) is 2. The minimum absolute atomic E-state index is 0. The Morgan fingerprint density at radius 3 is 2.48 bits per heavy atom. The molecular formula is C16H34Cl2N4O. The molecule has 1 amide bonds.